The van der Waals surface area contributed by atoms with Crippen molar-refractivity contribution in [3.8, 4) is 17.3 Å². The highest BCUT2D eigenvalue weighted by molar-refractivity contribution is 6.39. The maximum atomic E-state index is 12.4. The van der Waals surface area contributed by atoms with Crippen LogP contribution in [0.2, 0.25) is 15.1 Å². The molecule has 0 amide bonds. The lowest BCUT2D eigenvalue weighted by atomic mass is 10.1. The fraction of sp³-hybridized carbons (Fsp3) is 0.0588. The van der Waals surface area contributed by atoms with Crippen LogP contribution in [0.15, 0.2) is 53.3 Å². The standard InChI is InChI=1S/C17H11Cl3N2O2/c18-11-5-2-1-4-10(11)9-22-15(24)8-14(23)21-17(22)16-12(19)6-3-7-13(16)20/h1-8,23H,9H2. The van der Waals surface area contributed by atoms with Crippen molar-refractivity contribution >= 4 is 34.8 Å². The number of halogens is 3. The maximum absolute atomic E-state index is 12.4. The zero-order chi connectivity index (χ0) is 17.3. The van der Waals surface area contributed by atoms with Crippen molar-refractivity contribution in [2.24, 2.45) is 0 Å². The zero-order valence-corrected chi connectivity index (χ0v) is 14.5. The van der Waals surface area contributed by atoms with Gasteiger partial charge in [0, 0.05) is 5.02 Å². The van der Waals surface area contributed by atoms with Crippen LogP contribution in [0.3, 0.4) is 0 Å². The Hall–Kier alpha value is -2.01. The molecule has 122 valence electrons. The minimum absolute atomic E-state index is 0.169. The van der Waals surface area contributed by atoms with Gasteiger partial charge in [-0.3, -0.25) is 9.36 Å². The third kappa shape index (κ3) is 3.26. The molecule has 7 heteroatoms. The quantitative estimate of drug-likeness (QED) is 0.720. The van der Waals surface area contributed by atoms with Crippen molar-refractivity contribution in [2.75, 3.05) is 0 Å². The van der Waals surface area contributed by atoms with Gasteiger partial charge in [0.2, 0.25) is 5.88 Å². The smallest absolute Gasteiger partial charge is 0.257 e. The van der Waals surface area contributed by atoms with E-state index in [2.05, 4.69) is 4.98 Å². The predicted octanol–water partition coefficient (Wildman–Crippen LogP) is 4.62. The van der Waals surface area contributed by atoms with Crippen LogP contribution in [-0.2, 0) is 6.54 Å². The fourth-order valence-corrected chi connectivity index (χ4v) is 3.11. The minimum Gasteiger partial charge on any atom is -0.493 e. The zero-order valence-electron chi connectivity index (χ0n) is 12.2. The summed E-state index contributed by atoms with van der Waals surface area (Å²) in [7, 11) is 0. The summed E-state index contributed by atoms with van der Waals surface area (Å²) < 4.78 is 1.37. The first-order chi connectivity index (χ1) is 11.5. The van der Waals surface area contributed by atoms with Gasteiger partial charge in [0.15, 0.2) is 0 Å². The van der Waals surface area contributed by atoms with Crippen molar-refractivity contribution in [1.82, 2.24) is 9.55 Å². The summed E-state index contributed by atoms with van der Waals surface area (Å²) in [6.45, 7) is 0.169. The van der Waals surface area contributed by atoms with Gasteiger partial charge in [-0.05, 0) is 23.8 Å². The lowest BCUT2D eigenvalue weighted by molar-refractivity contribution is 0.448. The average Bonchev–Trinajstić information content (AvgIpc) is 2.52. The average molecular weight is 382 g/mol. The molecule has 1 N–H and O–H groups in total. The van der Waals surface area contributed by atoms with Crippen LogP contribution in [0.4, 0.5) is 0 Å². The van der Waals surface area contributed by atoms with Gasteiger partial charge in [-0.1, -0.05) is 59.1 Å². The largest absolute Gasteiger partial charge is 0.493 e. The number of nitrogens with zero attached hydrogens (tertiary/aromatic N) is 2. The normalized spacial score (nSPS) is 10.8. The molecular weight excluding hydrogens is 371 g/mol. The van der Waals surface area contributed by atoms with Crippen LogP contribution in [-0.4, -0.2) is 14.7 Å². The second-order valence-corrected chi connectivity index (χ2v) is 6.27. The van der Waals surface area contributed by atoms with Gasteiger partial charge in [0.05, 0.1) is 28.2 Å². The first-order valence-corrected chi connectivity index (χ1v) is 8.09. The second-order valence-electron chi connectivity index (χ2n) is 5.05. The first kappa shape index (κ1) is 16.8. The van der Waals surface area contributed by atoms with E-state index >= 15 is 0 Å². The Kier molecular flexibility index (Phi) is 4.81. The molecule has 3 rings (SSSR count). The van der Waals surface area contributed by atoms with Gasteiger partial charge < -0.3 is 5.11 Å². The summed E-state index contributed by atoms with van der Waals surface area (Å²) in [5, 5.41) is 10.9. The topological polar surface area (TPSA) is 55.1 Å². The summed E-state index contributed by atoms with van der Waals surface area (Å²) in [5.74, 6) is -0.225. The monoisotopic (exact) mass is 380 g/mol. The van der Waals surface area contributed by atoms with Gasteiger partial charge in [-0.2, -0.15) is 4.98 Å². The molecule has 24 heavy (non-hydrogen) atoms. The predicted molar refractivity (Wildman–Crippen MR) is 96.2 cm³/mol. The first-order valence-electron chi connectivity index (χ1n) is 6.96. The van der Waals surface area contributed by atoms with Gasteiger partial charge in [-0.15, -0.1) is 0 Å². The van der Waals surface area contributed by atoms with Gasteiger partial charge in [0.25, 0.3) is 5.56 Å². The summed E-state index contributed by atoms with van der Waals surface area (Å²) in [6.07, 6.45) is 0. The molecule has 2 aromatic carbocycles. The van der Waals surface area contributed by atoms with Crippen LogP contribution in [0.5, 0.6) is 5.88 Å². The van der Waals surface area contributed by atoms with E-state index in [4.69, 9.17) is 34.8 Å². The number of rotatable bonds is 3. The molecule has 0 aliphatic rings. The molecular formula is C17H11Cl3N2O2. The highest BCUT2D eigenvalue weighted by atomic mass is 35.5. The highest BCUT2D eigenvalue weighted by Crippen LogP contribution is 2.34. The molecule has 0 bridgehead atoms. The Morgan fingerprint density at radius 1 is 0.958 bits per heavy atom. The molecule has 1 aromatic heterocycles. The Morgan fingerprint density at radius 2 is 1.58 bits per heavy atom. The Morgan fingerprint density at radius 3 is 2.25 bits per heavy atom. The second kappa shape index (κ2) is 6.85. The Labute approximate surface area is 152 Å². The number of hydrogen-bond acceptors (Lipinski definition) is 3. The fourth-order valence-electron chi connectivity index (χ4n) is 2.35. The van der Waals surface area contributed by atoms with Crippen LogP contribution in [0, 0.1) is 0 Å². The van der Waals surface area contributed by atoms with E-state index < -0.39 is 11.4 Å². The van der Waals surface area contributed by atoms with Crippen LogP contribution >= 0.6 is 34.8 Å². The van der Waals surface area contributed by atoms with Crippen molar-refractivity contribution in [2.45, 2.75) is 6.54 Å². The molecule has 0 aliphatic carbocycles. The number of aromatic nitrogens is 2. The van der Waals surface area contributed by atoms with Crippen LogP contribution in [0.1, 0.15) is 5.56 Å². The van der Waals surface area contributed by atoms with Crippen LogP contribution < -0.4 is 5.56 Å². The number of hydrogen-bond donors (Lipinski definition) is 1. The summed E-state index contributed by atoms with van der Waals surface area (Å²) in [6, 6.07) is 13.2. The van der Waals surface area contributed by atoms with Gasteiger partial charge in [-0.25, -0.2) is 0 Å². The van der Waals surface area contributed by atoms with Crippen molar-refractivity contribution in [1.29, 1.82) is 0 Å². The summed E-state index contributed by atoms with van der Waals surface area (Å²) in [4.78, 5) is 16.5. The summed E-state index contributed by atoms with van der Waals surface area (Å²) >= 11 is 18.6. The lowest BCUT2D eigenvalue weighted by Gasteiger charge is -2.15. The highest BCUT2D eigenvalue weighted by Gasteiger charge is 2.17. The van der Waals surface area contributed by atoms with Crippen molar-refractivity contribution < 1.29 is 5.11 Å². The van der Waals surface area contributed by atoms with Gasteiger partial charge >= 0.3 is 0 Å². The maximum Gasteiger partial charge on any atom is 0.257 e. The molecule has 0 aliphatic heterocycles. The molecule has 1 heterocycles. The van der Waals surface area contributed by atoms with E-state index in [9.17, 15) is 9.90 Å². The molecule has 0 spiro atoms. The summed E-state index contributed by atoms with van der Waals surface area (Å²) in [5.41, 5.74) is 0.674. The van der Waals surface area contributed by atoms with E-state index in [0.29, 0.717) is 20.6 Å². The van der Waals surface area contributed by atoms with E-state index in [0.717, 1.165) is 11.6 Å². The Bertz CT molecular complexity index is 950. The molecule has 0 saturated carbocycles. The van der Waals surface area contributed by atoms with E-state index in [-0.39, 0.29) is 12.4 Å². The van der Waals surface area contributed by atoms with Crippen molar-refractivity contribution in [3.05, 3.63) is 79.5 Å². The molecule has 0 unspecified atom stereocenters. The Balaban J connectivity index is 2.24. The molecule has 0 fully saturated rings. The lowest BCUT2D eigenvalue weighted by Crippen LogP contribution is -2.23. The number of aromatic hydroxyl groups is 1. The molecule has 0 saturated heterocycles. The SMILES string of the molecule is O=c1cc(O)nc(-c2c(Cl)cccc2Cl)n1Cc1ccccc1Cl. The van der Waals surface area contributed by atoms with E-state index in [1.54, 1.807) is 36.4 Å². The third-order valence-corrected chi connectivity index (χ3v) is 4.47. The molecule has 4 nitrogen and oxygen atoms in total. The molecule has 0 radical (unpaired) electrons. The van der Waals surface area contributed by atoms with Crippen molar-refractivity contribution in [3.63, 3.8) is 0 Å². The minimum atomic E-state index is -0.437. The van der Waals surface area contributed by atoms with Crippen LogP contribution in [0.25, 0.3) is 11.4 Å². The van der Waals surface area contributed by atoms with E-state index in [1.807, 2.05) is 6.07 Å². The van der Waals surface area contributed by atoms with E-state index in [1.165, 1.54) is 4.57 Å². The van der Waals surface area contributed by atoms with Gasteiger partial charge in [0.1, 0.15) is 5.82 Å². The third-order valence-electron chi connectivity index (χ3n) is 3.47. The molecule has 3 aromatic rings. The molecule has 0 atom stereocenters. The number of benzene rings is 2.